The number of aromatic nitrogens is 1. The minimum absolute atomic E-state index is 0.367. The monoisotopic (exact) mass is 278 g/mol. The van der Waals surface area contributed by atoms with Gasteiger partial charge in [-0.05, 0) is 18.7 Å². The van der Waals surface area contributed by atoms with Crippen LogP contribution in [-0.2, 0) is 0 Å². The number of benzene rings is 1. The van der Waals surface area contributed by atoms with E-state index in [1.54, 1.807) is 18.2 Å². The molecular weight excluding hydrogens is 262 g/mol. The number of halogens is 2. The van der Waals surface area contributed by atoms with Gasteiger partial charge in [0.25, 0.3) is 0 Å². The Morgan fingerprint density at radius 1 is 1.20 bits per heavy atom. The lowest BCUT2D eigenvalue weighted by Crippen LogP contribution is -2.24. The van der Waals surface area contributed by atoms with E-state index >= 15 is 0 Å². The van der Waals surface area contributed by atoms with Gasteiger partial charge in [0.15, 0.2) is 0 Å². The molecule has 106 valence electrons. The molecule has 0 spiro atoms. The Kier molecular flexibility index (Phi) is 4.63. The van der Waals surface area contributed by atoms with Crippen LogP contribution in [0, 0.1) is 11.6 Å². The normalized spacial score (nSPS) is 12.2. The van der Waals surface area contributed by atoms with Crippen LogP contribution in [0.4, 0.5) is 8.78 Å². The van der Waals surface area contributed by atoms with Crippen LogP contribution < -0.4 is 10.1 Å². The predicted molar refractivity (Wildman–Crippen MR) is 72.7 cm³/mol. The average Bonchev–Trinajstić information content (AvgIpc) is 2.46. The quantitative estimate of drug-likeness (QED) is 0.912. The fourth-order valence-corrected chi connectivity index (χ4v) is 2.08. The van der Waals surface area contributed by atoms with Crippen LogP contribution in [0.1, 0.15) is 24.1 Å². The first kappa shape index (κ1) is 14.4. The van der Waals surface area contributed by atoms with Crippen molar-refractivity contribution in [1.82, 2.24) is 10.3 Å². The van der Waals surface area contributed by atoms with Crippen molar-refractivity contribution in [2.45, 2.75) is 13.0 Å². The molecule has 0 fully saturated rings. The summed E-state index contributed by atoms with van der Waals surface area (Å²) < 4.78 is 33.0. The highest BCUT2D eigenvalue weighted by atomic mass is 19.1. The van der Waals surface area contributed by atoms with Gasteiger partial charge >= 0.3 is 0 Å². The first-order chi connectivity index (χ1) is 9.67. The molecule has 0 bridgehead atoms. The van der Waals surface area contributed by atoms with Crippen molar-refractivity contribution in [1.29, 1.82) is 0 Å². The Bertz CT molecular complexity index is 590. The second kappa shape index (κ2) is 6.43. The van der Waals surface area contributed by atoms with Crippen LogP contribution in [0.15, 0.2) is 36.7 Å². The fourth-order valence-electron chi connectivity index (χ4n) is 2.08. The van der Waals surface area contributed by atoms with Gasteiger partial charge in [-0.2, -0.15) is 0 Å². The van der Waals surface area contributed by atoms with Crippen molar-refractivity contribution in [3.05, 3.63) is 59.4 Å². The average molecular weight is 278 g/mol. The maximum atomic E-state index is 14.2. The van der Waals surface area contributed by atoms with E-state index in [1.165, 1.54) is 19.4 Å². The van der Waals surface area contributed by atoms with Crippen molar-refractivity contribution in [2.75, 3.05) is 13.7 Å². The van der Waals surface area contributed by atoms with Gasteiger partial charge in [-0.1, -0.05) is 13.0 Å². The van der Waals surface area contributed by atoms with Crippen LogP contribution in [0.3, 0.4) is 0 Å². The topological polar surface area (TPSA) is 34.2 Å². The van der Waals surface area contributed by atoms with E-state index in [1.807, 2.05) is 6.92 Å². The SMILES string of the molecule is CCNC(c1ccncc1F)c1ccc(OC)cc1F. The summed E-state index contributed by atoms with van der Waals surface area (Å²) in [5.41, 5.74) is 0.740. The van der Waals surface area contributed by atoms with Gasteiger partial charge in [0.1, 0.15) is 17.4 Å². The van der Waals surface area contributed by atoms with Gasteiger partial charge in [-0.15, -0.1) is 0 Å². The molecule has 2 aromatic rings. The van der Waals surface area contributed by atoms with Crippen molar-refractivity contribution in [2.24, 2.45) is 0 Å². The third kappa shape index (κ3) is 2.93. The Labute approximate surface area is 116 Å². The van der Waals surface area contributed by atoms with E-state index in [0.29, 0.717) is 23.4 Å². The van der Waals surface area contributed by atoms with Crippen LogP contribution in [0.2, 0.25) is 0 Å². The molecule has 1 atom stereocenters. The molecule has 1 aromatic carbocycles. The first-order valence-corrected chi connectivity index (χ1v) is 6.33. The third-order valence-corrected chi connectivity index (χ3v) is 3.04. The minimum Gasteiger partial charge on any atom is -0.497 e. The van der Waals surface area contributed by atoms with Gasteiger partial charge in [0.05, 0.1) is 19.3 Å². The summed E-state index contributed by atoms with van der Waals surface area (Å²) in [4.78, 5) is 3.71. The number of hydrogen-bond acceptors (Lipinski definition) is 3. The molecule has 0 amide bonds. The van der Waals surface area contributed by atoms with Crippen molar-refractivity contribution < 1.29 is 13.5 Å². The van der Waals surface area contributed by atoms with Gasteiger partial charge in [-0.3, -0.25) is 4.98 Å². The fraction of sp³-hybridized carbons (Fsp3) is 0.267. The summed E-state index contributed by atoms with van der Waals surface area (Å²) in [5.74, 6) is -0.475. The molecule has 5 heteroatoms. The van der Waals surface area contributed by atoms with E-state index in [0.717, 1.165) is 6.20 Å². The molecule has 2 rings (SSSR count). The zero-order valence-electron chi connectivity index (χ0n) is 11.4. The van der Waals surface area contributed by atoms with E-state index in [-0.39, 0.29) is 0 Å². The number of nitrogens with one attached hydrogen (secondary N) is 1. The summed E-state index contributed by atoms with van der Waals surface area (Å²) >= 11 is 0. The maximum absolute atomic E-state index is 14.2. The minimum atomic E-state index is -0.561. The lowest BCUT2D eigenvalue weighted by Gasteiger charge is -2.20. The van der Waals surface area contributed by atoms with E-state index in [9.17, 15) is 8.78 Å². The zero-order chi connectivity index (χ0) is 14.5. The Morgan fingerprint density at radius 3 is 2.55 bits per heavy atom. The molecule has 1 N–H and O–H groups in total. The van der Waals surface area contributed by atoms with E-state index in [2.05, 4.69) is 10.3 Å². The highest BCUT2D eigenvalue weighted by molar-refractivity contribution is 5.36. The highest BCUT2D eigenvalue weighted by Crippen LogP contribution is 2.28. The zero-order valence-corrected chi connectivity index (χ0v) is 11.4. The maximum Gasteiger partial charge on any atom is 0.146 e. The van der Waals surface area contributed by atoms with Crippen molar-refractivity contribution in [3.8, 4) is 5.75 Å². The smallest absolute Gasteiger partial charge is 0.146 e. The summed E-state index contributed by atoms with van der Waals surface area (Å²) in [6.45, 7) is 2.46. The molecule has 20 heavy (non-hydrogen) atoms. The molecule has 0 saturated carbocycles. The van der Waals surface area contributed by atoms with Crippen molar-refractivity contribution in [3.63, 3.8) is 0 Å². The molecule has 0 saturated heterocycles. The number of nitrogens with zero attached hydrogens (tertiary/aromatic N) is 1. The van der Waals surface area contributed by atoms with Gasteiger partial charge < -0.3 is 10.1 Å². The van der Waals surface area contributed by atoms with Crippen molar-refractivity contribution >= 4 is 0 Å². The van der Waals surface area contributed by atoms with Crippen LogP contribution in [-0.4, -0.2) is 18.6 Å². The molecule has 0 aliphatic carbocycles. The van der Waals surface area contributed by atoms with Gasteiger partial charge in [0.2, 0.25) is 0 Å². The van der Waals surface area contributed by atoms with Crippen LogP contribution in [0.5, 0.6) is 5.75 Å². The predicted octanol–water partition coefficient (Wildman–Crippen LogP) is 3.07. The van der Waals surface area contributed by atoms with E-state index < -0.39 is 17.7 Å². The summed E-state index contributed by atoms with van der Waals surface area (Å²) in [5, 5.41) is 3.09. The van der Waals surface area contributed by atoms with Crippen LogP contribution >= 0.6 is 0 Å². The number of ether oxygens (including phenoxy) is 1. The molecule has 0 aliphatic heterocycles. The highest BCUT2D eigenvalue weighted by Gasteiger charge is 2.20. The Hall–Kier alpha value is -2.01. The number of pyridine rings is 1. The summed E-state index contributed by atoms with van der Waals surface area (Å²) in [6, 6.07) is 5.53. The number of hydrogen-bond donors (Lipinski definition) is 1. The molecule has 1 heterocycles. The standard InChI is InChI=1S/C15H16F2N2O/c1-3-19-15(12-6-7-18-9-14(12)17)11-5-4-10(20-2)8-13(11)16/h4-9,15,19H,3H2,1-2H3. The number of rotatable bonds is 5. The van der Waals surface area contributed by atoms with Gasteiger partial charge in [-0.25, -0.2) is 8.78 Å². The second-order valence-corrected chi connectivity index (χ2v) is 4.28. The largest absolute Gasteiger partial charge is 0.497 e. The van der Waals surface area contributed by atoms with Crippen LogP contribution in [0.25, 0.3) is 0 Å². The Morgan fingerprint density at radius 2 is 1.95 bits per heavy atom. The lowest BCUT2D eigenvalue weighted by molar-refractivity contribution is 0.410. The first-order valence-electron chi connectivity index (χ1n) is 6.33. The molecule has 0 aliphatic rings. The van der Waals surface area contributed by atoms with E-state index in [4.69, 9.17) is 4.74 Å². The summed E-state index contributed by atoms with van der Waals surface area (Å²) in [7, 11) is 1.47. The third-order valence-electron chi connectivity index (χ3n) is 3.04. The lowest BCUT2D eigenvalue weighted by atomic mass is 9.98. The summed E-state index contributed by atoms with van der Waals surface area (Å²) in [6.07, 6.45) is 2.62. The van der Waals surface area contributed by atoms with Gasteiger partial charge in [0, 0.05) is 23.4 Å². The Balaban J connectivity index is 2.46. The molecule has 1 unspecified atom stereocenters. The molecular formula is C15H16F2N2O. The molecule has 1 aromatic heterocycles. The second-order valence-electron chi connectivity index (χ2n) is 4.28. The molecule has 3 nitrogen and oxygen atoms in total. The number of methoxy groups -OCH3 is 1. The molecule has 0 radical (unpaired) electrons.